The van der Waals surface area contributed by atoms with Gasteiger partial charge in [0, 0.05) is 24.6 Å². The molecule has 4 nitrogen and oxygen atoms in total. The molecule has 2 aliphatic rings. The molecule has 0 unspecified atom stereocenters. The molecule has 1 atom stereocenters. The number of amides is 1. The molecule has 2 aliphatic heterocycles. The molecule has 1 aromatic rings. The predicted octanol–water partition coefficient (Wildman–Crippen LogP) is 3.40. The fourth-order valence-corrected chi connectivity index (χ4v) is 4.55. The number of rotatable bonds is 3. The Bertz CT molecular complexity index is 695. The Morgan fingerprint density at radius 2 is 1.38 bits per heavy atom. The number of nitrogens with zero attached hydrogens (tertiary/aromatic N) is 1. The van der Waals surface area contributed by atoms with Gasteiger partial charge in [0.1, 0.15) is 0 Å². The van der Waals surface area contributed by atoms with Gasteiger partial charge in [-0.1, -0.05) is 0 Å². The third-order valence-electron chi connectivity index (χ3n) is 6.78. The molecule has 0 spiro atoms. The van der Waals surface area contributed by atoms with Crippen molar-refractivity contribution in [3.05, 3.63) is 33.4 Å². The molecule has 2 fully saturated rings. The summed E-state index contributed by atoms with van der Waals surface area (Å²) in [5.41, 5.74) is 6.94. The van der Waals surface area contributed by atoms with E-state index in [0.29, 0.717) is 13.1 Å². The van der Waals surface area contributed by atoms with Gasteiger partial charge in [0.25, 0.3) is 0 Å². The maximum absolute atomic E-state index is 13.3. The number of likely N-dealkylation sites (tertiary alicyclic amines) is 1. The highest BCUT2D eigenvalue weighted by Crippen LogP contribution is 2.31. The van der Waals surface area contributed by atoms with Crippen LogP contribution in [0.4, 0.5) is 0 Å². The third kappa shape index (κ3) is 3.32. The molecule has 0 radical (unpaired) electrons. The molecule has 26 heavy (non-hydrogen) atoms. The second-order valence-corrected chi connectivity index (χ2v) is 8.11. The number of ketones is 1. The number of piperidine rings is 1. The minimum Gasteiger partial charge on any atom is -0.341 e. The minimum absolute atomic E-state index is 0.00543. The van der Waals surface area contributed by atoms with Crippen LogP contribution in [0, 0.1) is 40.5 Å². The van der Waals surface area contributed by atoms with Crippen LogP contribution in [-0.2, 0) is 4.79 Å². The highest BCUT2D eigenvalue weighted by atomic mass is 16.2. The van der Waals surface area contributed by atoms with Crippen LogP contribution in [-0.4, -0.2) is 42.3 Å². The topological polar surface area (TPSA) is 49.4 Å². The monoisotopic (exact) mass is 356 g/mol. The smallest absolute Gasteiger partial charge is 0.239 e. The number of carbonyl (C=O) groups is 2. The van der Waals surface area contributed by atoms with E-state index in [2.05, 4.69) is 39.9 Å². The molecule has 1 N–H and O–H groups in total. The van der Waals surface area contributed by atoms with E-state index in [1.807, 2.05) is 4.90 Å². The van der Waals surface area contributed by atoms with Crippen molar-refractivity contribution < 1.29 is 9.59 Å². The Morgan fingerprint density at radius 3 is 1.88 bits per heavy atom. The lowest BCUT2D eigenvalue weighted by Gasteiger charge is -2.33. The van der Waals surface area contributed by atoms with Crippen molar-refractivity contribution in [2.75, 3.05) is 19.6 Å². The van der Waals surface area contributed by atoms with E-state index in [1.165, 1.54) is 16.7 Å². The highest BCUT2D eigenvalue weighted by Gasteiger charge is 2.33. The maximum Gasteiger partial charge on any atom is 0.239 e. The number of Topliss-reactive ketones (excluding diaryl/α,β-unsaturated/α-hetero) is 1. The van der Waals surface area contributed by atoms with Crippen molar-refractivity contribution in [1.29, 1.82) is 0 Å². The van der Waals surface area contributed by atoms with Crippen molar-refractivity contribution in [2.24, 2.45) is 5.92 Å². The van der Waals surface area contributed by atoms with Crippen LogP contribution in [0.15, 0.2) is 0 Å². The quantitative estimate of drug-likeness (QED) is 0.845. The molecule has 3 rings (SSSR count). The van der Waals surface area contributed by atoms with Gasteiger partial charge in [0.2, 0.25) is 5.91 Å². The van der Waals surface area contributed by atoms with E-state index in [-0.39, 0.29) is 23.7 Å². The third-order valence-corrected chi connectivity index (χ3v) is 6.78. The van der Waals surface area contributed by atoms with Crippen molar-refractivity contribution in [1.82, 2.24) is 10.2 Å². The van der Waals surface area contributed by atoms with Crippen LogP contribution in [0.5, 0.6) is 0 Å². The molecule has 2 saturated heterocycles. The molecule has 0 aliphatic carbocycles. The molecule has 142 valence electrons. The van der Waals surface area contributed by atoms with Gasteiger partial charge < -0.3 is 10.2 Å². The first kappa shape index (κ1) is 19.1. The van der Waals surface area contributed by atoms with E-state index >= 15 is 0 Å². The van der Waals surface area contributed by atoms with Crippen molar-refractivity contribution in [3.8, 4) is 0 Å². The number of hydrogen-bond donors (Lipinski definition) is 1. The predicted molar refractivity (Wildman–Crippen MR) is 105 cm³/mol. The van der Waals surface area contributed by atoms with E-state index < -0.39 is 0 Å². The fraction of sp³-hybridized carbons (Fsp3) is 0.636. The Kier molecular flexibility index (Phi) is 5.52. The minimum atomic E-state index is -0.00543. The van der Waals surface area contributed by atoms with Gasteiger partial charge in [-0.25, -0.2) is 0 Å². The van der Waals surface area contributed by atoms with Gasteiger partial charge in [-0.05, 0) is 94.7 Å². The number of carbonyl (C=O) groups excluding carboxylic acids is 2. The Labute approximate surface area is 157 Å². The Hall–Kier alpha value is -1.68. The molecule has 0 aromatic heterocycles. The largest absolute Gasteiger partial charge is 0.341 e. The van der Waals surface area contributed by atoms with Crippen LogP contribution < -0.4 is 5.32 Å². The first-order valence-corrected chi connectivity index (χ1v) is 9.96. The first-order chi connectivity index (χ1) is 12.3. The summed E-state index contributed by atoms with van der Waals surface area (Å²) in [4.78, 5) is 27.8. The number of benzene rings is 1. The summed E-state index contributed by atoms with van der Waals surface area (Å²) in [7, 11) is 0. The van der Waals surface area contributed by atoms with Gasteiger partial charge in [-0.15, -0.1) is 0 Å². The van der Waals surface area contributed by atoms with Crippen molar-refractivity contribution in [3.63, 3.8) is 0 Å². The molecular weight excluding hydrogens is 324 g/mol. The van der Waals surface area contributed by atoms with Gasteiger partial charge in [-0.3, -0.25) is 9.59 Å². The molecule has 0 saturated carbocycles. The van der Waals surface area contributed by atoms with Crippen LogP contribution >= 0.6 is 0 Å². The molecule has 2 heterocycles. The lowest BCUT2D eigenvalue weighted by Crippen LogP contribution is -2.47. The summed E-state index contributed by atoms with van der Waals surface area (Å²) in [5.74, 6) is 0.537. The zero-order chi connectivity index (χ0) is 19.0. The standard InChI is InChI=1S/C22H32N2O2/c1-13-14(2)16(4)20(17(5)15(13)3)21(25)18-8-11-24(12-9-18)22(26)19-7-6-10-23-19/h18-19,23H,6-12H2,1-5H3/t19-/m1/s1. The van der Waals surface area contributed by atoms with E-state index in [9.17, 15) is 9.59 Å². The number of hydrogen-bond acceptors (Lipinski definition) is 3. The van der Waals surface area contributed by atoms with E-state index in [1.54, 1.807) is 0 Å². The van der Waals surface area contributed by atoms with Gasteiger partial charge >= 0.3 is 0 Å². The van der Waals surface area contributed by atoms with Gasteiger partial charge in [0.05, 0.1) is 6.04 Å². The molecule has 1 aromatic carbocycles. The highest BCUT2D eigenvalue weighted by molar-refractivity contribution is 6.01. The molecule has 0 bridgehead atoms. The van der Waals surface area contributed by atoms with Crippen LogP contribution in [0.25, 0.3) is 0 Å². The Morgan fingerprint density at radius 1 is 0.846 bits per heavy atom. The van der Waals surface area contributed by atoms with Crippen molar-refractivity contribution >= 4 is 11.7 Å². The second-order valence-electron chi connectivity index (χ2n) is 8.11. The normalized spacial score (nSPS) is 21.3. The Balaban J connectivity index is 1.72. The summed E-state index contributed by atoms with van der Waals surface area (Å²) < 4.78 is 0. The first-order valence-electron chi connectivity index (χ1n) is 9.96. The molecule has 1 amide bonds. The average Bonchev–Trinajstić information content (AvgIpc) is 3.19. The maximum atomic E-state index is 13.3. The molecule has 4 heteroatoms. The van der Waals surface area contributed by atoms with Crippen LogP contribution in [0.1, 0.15) is 63.9 Å². The average molecular weight is 357 g/mol. The van der Waals surface area contributed by atoms with Crippen molar-refractivity contribution in [2.45, 2.75) is 66.3 Å². The van der Waals surface area contributed by atoms with Crippen LogP contribution in [0.3, 0.4) is 0 Å². The van der Waals surface area contributed by atoms with Crippen LogP contribution in [0.2, 0.25) is 0 Å². The summed E-state index contributed by atoms with van der Waals surface area (Å²) in [6, 6.07) is -0.00543. The lowest BCUT2D eigenvalue weighted by molar-refractivity contribution is -0.134. The second kappa shape index (κ2) is 7.51. The summed E-state index contributed by atoms with van der Waals surface area (Å²) >= 11 is 0. The zero-order valence-corrected chi connectivity index (χ0v) is 16.9. The van der Waals surface area contributed by atoms with Gasteiger partial charge in [0.15, 0.2) is 5.78 Å². The van der Waals surface area contributed by atoms with E-state index in [0.717, 1.165) is 48.9 Å². The fourth-order valence-electron chi connectivity index (χ4n) is 4.55. The number of nitrogens with one attached hydrogen (secondary N) is 1. The SMILES string of the molecule is Cc1c(C)c(C)c(C(=O)C2CCN(C(=O)[C@H]3CCCN3)CC2)c(C)c1C. The summed E-state index contributed by atoms with van der Waals surface area (Å²) in [6.07, 6.45) is 3.58. The van der Waals surface area contributed by atoms with E-state index in [4.69, 9.17) is 0 Å². The van der Waals surface area contributed by atoms with Gasteiger partial charge in [-0.2, -0.15) is 0 Å². The molecular formula is C22H32N2O2. The zero-order valence-electron chi connectivity index (χ0n) is 16.9. The summed E-state index contributed by atoms with van der Waals surface area (Å²) in [5, 5.41) is 3.29. The summed E-state index contributed by atoms with van der Waals surface area (Å²) in [6.45, 7) is 12.9. The lowest BCUT2D eigenvalue weighted by atomic mass is 9.81.